The van der Waals surface area contributed by atoms with Gasteiger partial charge in [0.25, 0.3) is 15.6 Å². The van der Waals surface area contributed by atoms with Crippen LogP contribution in [0.4, 0.5) is 0 Å². The van der Waals surface area contributed by atoms with Crippen LogP contribution in [0.5, 0.6) is 0 Å². The molecule has 29 heavy (non-hydrogen) atoms. The first-order valence-corrected chi connectivity index (χ1v) is 10.7. The number of aromatic amines is 1. The Morgan fingerprint density at radius 1 is 1.28 bits per heavy atom. The van der Waals surface area contributed by atoms with E-state index in [0.29, 0.717) is 46.8 Å². The number of sulfonamides is 1. The predicted molar refractivity (Wildman–Crippen MR) is 111 cm³/mol. The van der Waals surface area contributed by atoms with Crippen molar-refractivity contribution in [2.24, 2.45) is 15.3 Å². The number of allylic oxidation sites excluding steroid dienone is 1. The Hall–Kier alpha value is -3.25. The largest absolute Gasteiger partial charge is 0.293 e. The molecule has 9 heteroatoms. The number of nitrogens with one attached hydrogen (secondary N) is 1. The molecule has 2 heterocycles. The fourth-order valence-corrected chi connectivity index (χ4v) is 4.58. The van der Waals surface area contributed by atoms with E-state index in [1.165, 1.54) is 10.9 Å². The molecule has 4 rings (SSSR count). The molecule has 1 aliphatic heterocycles. The maximum absolute atomic E-state index is 13.0. The molecule has 0 bridgehead atoms. The summed E-state index contributed by atoms with van der Waals surface area (Å²) in [7, 11) is -3.49. The van der Waals surface area contributed by atoms with Crippen LogP contribution in [-0.2, 0) is 10.0 Å². The van der Waals surface area contributed by atoms with Crippen LogP contribution in [0.15, 0.2) is 44.5 Å². The number of benzene rings is 1. The van der Waals surface area contributed by atoms with Crippen LogP contribution in [0.3, 0.4) is 0 Å². The predicted octanol–water partition coefficient (Wildman–Crippen LogP) is 2.48. The average molecular weight is 409 g/mol. The van der Waals surface area contributed by atoms with Crippen molar-refractivity contribution >= 4 is 27.8 Å². The molecule has 2 aromatic rings. The van der Waals surface area contributed by atoms with Gasteiger partial charge in [-0.2, -0.15) is 9.66 Å². The van der Waals surface area contributed by atoms with E-state index in [0.717, 1.165) is 0 Å². The highest BCUT2D eigenvalue weighted by Crippen LogP contribution is 2.30. The molecule has 8 nitrogen and oxygen atoms in total. The number of H-pyrrole nitrogens is 1. The minimum atomic E-state index is -3.49. The van der Waals surface area contributed by atoms with Crippen molar-refractivity contribution in [1.29, 1.82) is 5.26 Å². The maximum Gasteiger partial charge on any atom is 0.280 e. The van der Waals surface area contributed by atoms with E-state index in [1.54, 1.807) is 37.3 Å². The smallest absolute Gasteiger partial charge is 0.280 e. The number of rotatable bonds is 4. The van der Waals surface area contributed by atoms with Gasteiger partial charge in [0.2, 0.25) is 0 Å². The molecule has 1 atom stereocenters. The van der Waals surface area contributed by atoms with E-state index >= 15 is 0 Å². The van der Waals surface area contributed by atoms with E-state index in [4.69, 9.17) is 5.26 Å². The molecule has 0 spiro atoms. The molecule has 1 aromatic carbocycles. The van der Waals surface area contributed by atoms with Gasteiger partial charge in [-0.25, -0.2) is 18.1 Å². The van der Waals surface area contributed by atoms with Gasteiger partial charge in [-0.1, -0.05) is 19.1 Å². The van der Waals surface area contributed by atoms with E-state index in [9.17, 15) is 13.2 Å². The zero-order valence-corrected chi connectivity index (χ0v) is 16.8. The van der Waals surface area contributed by atoms with E-state index in [1.807, 2.05) is 6.92 Å². The number of nitrogens with zero attached hydrogens (tertiary/aromatic N) is 4. The first-order chi connectivity index (χ1) is 13.8. The standard InChI is InChI=1S/C20H19N5O3S/c1-12-9-18(22-11-17(12)24-29(27,28)16-7-8-16)25-20(26)19(13(2)23-25)15-5-3-14(10-21)4-6-15/h3-6,9,11-12,16,23H,7-8H2,1-2H3/t12-/m0/s1. The lowest BCUT2D eigenvalue weighted by Crippen LogP contribution is -2.23. The van der Waals surface area contributed by atoms with Crippen LogP contribution in [0, 0.1) is 24.2 Å². The SMILES string of the molecule is Cc1[nH]n(C2=C[C@H](C)C(=NS(=O)(=O)C3CC3)C=N2)c(=O)c1-c1ccc(C#N)cc1. The highest BCUT2D eigenvalue weighted by Gasteiger charge is 2.36. The minimum absolute atomic E-state index is 0.270. The number of aromatic nitrogens is 2. The molecule has 148 valence electrons. The topological polar surface area (TPSA) is 120 Å². The summed E-state index contributed by atoms with van der Waals surface area (Å²) in [6.45, 7) is 3.60. The Morgan fingerprint density at radius 3 is 2.55 bits per heavy atom. The summed E-state index contributed by atoms with van der Waals surface area (Å²) in [6.07, 6.45) is 4.42. The minimum Gasteiger partial charge on any atom is -0.293 e. The van der Waals surface area contributed by atoms with Crippen LogP contribution < -0.4 is 5.56 Å². The van der Waals surface area contributed by atoms with Crippen LogP contribution in [-0.4, -0.2) is 35.4 Å². The normalized spacial score (nSPS) is 20.5. The Morgan fingerprint density at radius 2 is 1.97 bits per heavy atom. The lowest BCUT2D eigenvalue weighted by atomic mass is 10.0. The lowest BCUT2D eigenvalue weighted by Gasteiger charge is -2.14. The third kappa shape index (κ3) is 3.59. The highest BCUT2D eigenvalue weighted by molar-refractivity contribution is 7.91. The monoisotopic (exact) mass is 409 g/mol. The molecule has 0 amide bonds. The molecule has 2 aliphatic rings. The van der Waals surface area contributed by atoms with Gasteiger partial charge in [0, 0.05) is 11.6 Å². The van der Waals surface area contributed by atoms with E-state index in [-0.39, 0.29) is 16.7 Å². The number of aliphatic imine (C=N–C) groups is 1. The van der Waals surface area contributed by atoms with E-state index in [2.05, 4.69) is 20.6 Å². The van der Waals surface area contributed by atoms with Crippen LogP contribution in [0.2, 0.25) is 0 Å². The Bertz CT molecular complexity index is 1270. The summed E-state index contributed by atoms with van der Waals surface area (Å²) in [4.78, 5) is 17.2. The Kier molecular flexibility index (Phi) is 4.59. The van der Waals surface area contributed by atoms with Crippen LogP contribution >= 0.6 is 0 Å². The molecule has 0 unspecified atom stereocenters. The van der Waals surface area contributed by atoms with Crippen LogP contribution in [0.25, 0.3) is 16.9 Å². The van der Waals surface area contributed by atoms with Gasteiger partial charge < -0.3 is 0 Å². The number of nitriles is 1. The summed E-state index contributed by atoms with van der Waals surface area (Å²) < 4.78 is 29.5. The Balaban J connectivity index is 1.67. The maximum atomic E-state index is 13.0. The lowest BCUT2D eigenvalue weighted by molar-refractivity contribution is 0.596. The zero-order chi connectivity index (χ0) is 20.8. The number of aryl methyl sites for hydroxylation is 1. The molecule has 1 saturated carbocycles. The number of hydrogen-bond acceptors (Lipinski definition) is 5. The molecule has 1 fully saturated rings. The summed E-state index contributed by atoms with van der Waals surface area (Å²) >= 11 is 0. The van der Waals surface area contributed by atoms with Gasteiger partial charge in [-0.05, 0) is 43.5 Å². The third-order valence-corrected chi connectivity index (χ3v) is 6.76. The van der Waals surface area contributed by atoms with Gasteiger partial charge >= 0.3 is 0 Å². The molecule has 1 aromatic heterocycles. The molecule has 1 N–H and O–H groups in total. The van der Waals surface area contributed by atoms with Gasteiger partial charge in [0.05, 0.1) is 34.4 Å². The fraction of sp³-hybridized carbons (Fsp3) is 0.300. The van der Waals surface area contributed by atoms with Gasteiger partial charge in [-0.3, -0.25) is 9.89 Å². The molecule has 1 aliphatic carbocycles. The average Bonchev–Trinajstić information content (AvgIpc) is 3.50. The van der Waals surface area contributed by atoms with E-state index < -0.39 is 10.0 Å². The second-order valence-corrected chi connectivity index (χ2v) is 9.12. The van der Waals surface area contributed by atoms with Crippen molar-refractivity contribution in [1.82, 2.24) is 9.78 Å². The number of hydrogen-bond donors (Lipinski definition) is 1. The molecule has 0 radical (unpaired) electrons. The molecular weight excluding hydrogens is 390 g/mol. The van der Waals surface area contributed by atoms with Crippen molar-refractivity contribution in [3.63, 3.8) is 0 Å². The summed E-state index contributed by atoms with van der Waals surface area (Å²) in [6, 6.07) is 8.84. The second kappa shape index (κ2) is 6.97. The first kappa shape index (κ1) is 19.1. The van der Waals surface area contributed by atoms with Crippen LogP contribution in [0.1, 0.15) is 31.0 Å². The van der Waals surface area contributed by atoms with Crippen molar-refractivity contribution in [2.45, 2.75) is 31.9 Å². The molecule has 0 saturated heterocycles. The second-order valence-electron chi connectivity index (χ2n) is 7.24. The third-order valence-electron chi connectivity index (χ3n) is 4.98. The van der Waals surface area contributed by atoms with Crippen molar-refractivity contribution < 1.29 is 8.42 Å². The summed E-state index contributed by atoms with van der Waals surface area (Å²) in [5.74, 6) is 0.0816. The van der Waals surface area contributed by atoms with Gasteiger partial charge in [0.15, 0.2) is 5.82 Å². The van der Waals surface area contributed by atoms with Gasteiger partial charge in [-0.15, -0.1) is 0 Å². The zero-order valence-electron chi connectivity index (χ0n) is 16.0. The fourth-order valence-electron chi connectivity index (χ4n) is 3.19. The van der Waals surface area contributed by atoms with Crippen molar-refractivity contribution in [3.8, 4) is 17.2 Å². The highest BCUT2D eigenvalue weighted by atomic mass is 32.2. The van der Waals surface area contributed by atoms with Gasteiger partial charge in [0.1, 0.15) is 0 Å². The first-order valence-electron chi connectivity index (χ1n) is 9.22. The van der Waals surface area contributed by atoms with Crippen molar-refractivity contribution in [3.05, 3.63) is 52.0 Å². The van der Waals surface area contributed by atoms with Crippen molar-refractivity contribution in [2.75, 3.05) is 0 Å². The Labute approximate surface area is 168 Å². The summed E-state index contributed by atoms with van der Waals surface area (Å²) in [5.41, 5.74) is 2.47. The quantitative estimate of drug-likeness (QED) is 0.834. The molecular formula is C20H19N5O3S. The summed E-state index contributed by atoms with van der Waals surface area (Å²) in [5, 5.41) is 11.6.